The van der Waals surface area contributed by atoms with Crippen molar-refractivity contribution in [1.82, 2.24) is 14.3 Å². The smallest absolute Gasteiger partial charge is 0.323 e. The van der Waals surface area contributed by atoms with Crippen LogP contribution in [0.2, 0.25) is 0 Å². The van der Waals surface area contributed by atoms with E-state index in [9.17, 15) is 23.5 Å². The summed E-state index contributed by atoms with van der Waals surface area (Å²) >= 11 is 0. The van der Waals surface area contributed by atoms with Crippen molar-refractivity contribution in [2.45, 2.75) is 39.3 Å². The van der Waals surface area contributed by atoms with Gasteiger partial charge in [0.25, 0.3) is 0 Å². The number of hydrogen-bond donors (Lipinski definition) is 1. The summed E-state index contributed by atoms with van der Waals surface area (Å²) in [6.45, 7) is 3.41. The van der Waals surface area contributed by atoms with Crippen molar-refractivity contribution in [2.24, 2.45) is 0 Å². The summed E-state index contributed by atoms with van der Waals surface area (Å²) < 4.78 is 30.3. The van der Waals surface area contributed by atoms with E-state index in [1.807, 2.05) is 13.8 Å². The SMILES string of the molecule is CC(C)n1cc2c(=O)cc(CCc3cccc(F)c3F)n(CC(=O)O)c2n1. The Kier molecular flexibility index (Phi) is 5.07. The third-order valence-corrected chi connectivity index (χ3v) is 4.38. The summed E-state index contributed by atoms with van der Waals surface area (Å²) in [5, 5.41) is 13.9. The van der Waals surface area contributed by atoms with E-state index in [1.54, 1.807) is 10.9 Å². The molecule has 8 heteroatoms. The van der Waals surface area contributed by atoms with E-state index in [0.717, 1.165) is 6.07 Å². The van der Waals surface area contributed by atoms with Crippen molar-refractivity contribution in [1.29, 1.82) is 0 Å². The Morgan fingerprint density at radius 3 is 2.67 bits per heavy atom. The van der Waals surface area contributed by atoms with Crippen molar-refractivity contribution < 1.29 is 18.7 Å². The van der Waals surface area contributed by atoms with Crippen LogP contribution in [-0.4, -0.2) is 25.4 Å². The number of nitrogens with zero attached hydrogens (tertiary/aromatic N) is 3. The summed E-state index contributed by atoms with van der Waals surface area (Å²) in [5.41, 5.74) is 0.561. The van der Waals surface area contributed by atoms with Gasteiger partial charge >= 0.3 is 5.97 Å². The van der Waals surface area contributed by atoms with Gasteiger partial charge in [-0.25, -0.2) is 8.78 Å². The molecular weight excluding hydrogens is 356 g/mol. The van der Waals surface area contributed by atoms with E-state index < -0.39 is 17.6 Å². The number of carboxylic acids is 1. The van der Waals surface area contributed by atoms with Crippen LogP contribution in [0.4, 0.5) is 8.78 Å². The van der Waals surface area contributed by atoms with E-state index in [0.29, 0.717) is 11.1 Å². The lowest BCUT2D eigenvalue weighted by molar-refractivity contribution is -0.137. The molecule has 0 bridgehead atoms. The number of aromatic nitrogens is 3. The van der Waals surface area contributed by atoms with Crippen LogP contribution in [0.25, 0.3) is 11.0 Å². The van der Waals surface area contributed by atoms with Crippen LogP contribution in [0, 0.1) is 11.6 Å². The standard InChI is InChI=1S/C19H19F2N3O3/c1-11(2)24-9-14-16(25)8-13(23(10-17(26)27)19(14)22-24)7-6-12-4-3-5-15(20)18(12)21/h3-5,8-9,11H,6-7,10H2,1-2H3,(H,26,27). The van der Waals surface area contributed by atoms with Crippen LogP contribution in [0.3, 0.4) is 0 Å². The van der Waals surface area contributed by atoms with Gasteiger partial charge in [0.05, 0.1) is 5.39 Å². The lowest BCUT2D eigenvalue weighted by atomic mass is 10.1. The number of pyridine rings is 1. The molecule has 0 saturated heterocycles. The summed E-state index contributed by atoms with van der Waals surface area (Å²) in [6, 6.07) is 5.24. The van der Waals surface area contributed by atoms with E-state index in [2.05, 4.69) is 5.10 Å². The molecule has 3 rings (SSSR count). The monoisotopic (exact) mass is 375 g/mol. The molecule has 3 aromatic rings. The van der Waals surface area contributed by atoms with Gasteiger partial charge in [0.1, 0.15) is 6.54 Å². The number of carbonyl (C=O) groups is 1. The highest BCUT2D eigenvalue weighted by Gasteiger charge is 2.17. The Balaban J connectivity index is 2.06. The molecule has 0 spiro atoms. The van der Waals surface area contributed by atoms with Crippen LogP contribution < -0.4 is 5.43 Å². The summed E-state index contributed by atoms with van der Waals surface area (Å²) in [4.78, 5) is 23.8. The van der Waals surface area contributed by atoms with Crippen LogP contribution in [0.5, 0.6) is 0 Å². The predicted octanol–water partition coefficient (Wildman–Crippen LogP) is 2.93. The summed E-state index contributed by atoms with van der Waals surface area (Å²) in [7, 11) is 0. The molecule has 0 aliphatic rings. The maximum Gasteiger partial charge on any atom is 0.323 e. The number of benzene rings is 1. The average molecular weight is 375 g/mol. The molecule has 0 saturated carbocycles. The maximum absolute atomic E-state index is 13.9. The summed E-state index contributed by atoms with van der Waals surface area (Å²) in [6.07, 6.45) is 1.89. The topological polar surface area (TPSA) is 77.1 Å². The molecular formula is C19H19F2N3O3. The molecule has 1 N–H and O–H groups in total. The van der Waals surface area contributed by atoms with Crippen molar-refractivity contribution >= 4 is 17.0 Å². The van der Waals surface area contributed by atoms with Gasteiger partial charge in [0.2, 0.25) is 0 Å². The Hall–Kier alpha value is -3.03. The second kappa shape index (κ2) is 7.30. The fraction of sp³-hybridized carbons (Fsp3) is 0.316. The zero-order chi connectivity index (χ0) is 19.7. The van der Waals surface area contributed by atoms with Crippen molar-refractivity contribution in [3.63, 3.8) is 0 Å². The van der Waals surface area contributed by atoms with Crippen molar-refractivity contribution in [2.75, 3.05) is 0 Å². The fourth-order valence-corrected chi connectivity index (χ4v) is 2.99. The number of halogens is 2. The van der Waals surface area contributed by atoms with Crippen LogP contribution in [-0.2, 0) is 24.2 Å². The molecule has 0 amide bonds. The quantitative estimate of drug-likeness (QED) is 0.719. The molecule has 0 unspecified atom stereocenters. The normalized spacial score (nSPS) is 11.4. The van der Waals surface area contributed by atoms with Gasteiger partial charge in [-0.15, -0.1) is 0 Å². The van der Waals surface area contributed by atoms with Gasteiger partial charge < -0.3 is 9.67 Å². The largest absolute Gasteiger partial charge is 0.480 e. The number of carboxylic acid groups (broad SMARTS) is 1. The number of rotatable bonds is 6. The molecule has 0 fully saturated rings. The van der Waals surface area contributed by atoms with Gasteiger partial charge in [-0.2, -0.15) is 5.10 Å². The molecule has 2 aromatic heterocycles. The predicted molar refractivity (Wildman–Crippen MR) is 95.8 cm³/mol. The van der Waals surface area contributed by atoms with Gasteiger partial charge in [-0.05, 0) is 38.3 Å². The first-order valence-corrected chi connectivity index (χ1v) is 8.54. The highest BCUT2D eigenvalue weighted by molar-refractivity contribution is 5.77. The second-order valence-corrected chi connectivity index (χ2v) is 6.63. The number of aryl methyl sites for hydroxylation is 2. The average Bonchev–Trinajstić information content (AvgIpc) is 3.05. The third kappa shape index (κ3) is 3.74. The van der Waals surface area contributed by atoms with E-state index in [1.165, 1.54) is 22.8 Å². The molecule has 6 nitrogen and oxygen atoms in total. The molecule has 1 aromatic carbocycles. The van der Waals surface area contributed by atoms with Crippen LogP contribution in [0.1, 0.15) is 31.1 Å². The molecule has 142 valence electrons. The van der Waals surface area contributed by atoms with Gasteiger partial charge in [0, 0.05) is 24.0 Å². The van der Waals surface area contributed by atoms with Crippen molar-refractivity contribution in [3.05, 3.63) is 63.6 Å². The van der Waals surface area contributed by atoms with Gasteiger partial charge in [-0.3, -0.25) is 14.3 Å². The first-order chi connectivity index (χ1) is 12.8. The Morgan fingerprint density at radius 2 is 2.00 bits per heavy atom. The zero-order valence-corrected chi connectivity index (χ0v) is 14.9. The molecule has 0 aliphatic heterocycles. The highest BCUT2D eigenvalue weighted by atomic mass is 19.2. The van der Waals surface area contributed by atoms with Crippen LogP contribution >= 0.6 is 0 Å². The first-order valence-electron chi connectivity index (χ1n) is 8.54. The minimum atomic E-state index is -1.09. The Bertz CT molecular complexity index is 1070. The molecule has 0 atom stereocenters. The second-order valence-electron chi connectivity index (χ2n) is 6.63. The highest BCUT2D eigenvalue weighted by Crippen LogP contribution is 2.18. The van der Waals surface area contributed by atoms with Crippen LogP contribution in [0.15, 0.2) is 35.3 Å². The van der Waals surface area contributed by atoms with Gasteiger partial charge in [-0.1, -0.05) is 12.1 Å². The minimum absolute atomic E-state index is 0.0000760. The zero-order valence-electron chi connectivity index (χ0n) is 14.9. The lowest BCUT2D eigenvalue weighted by Crippen LogP contribution is -2.19. The molecule has 27 heavy (non-hydrogen) atoms. The fourth-order valence-electron chi connectivity index (χ4n) is 2.99. The van der Waals surface area contributed by atoms with E-state index in [-0.39, 0.29) is 42.1 Å². The number of aliphatic carboxylic acids is 1. The lowest BCUT2D eigenvalue weighted by Gasteiger charge is -2.13. The summed E-state index contributed by atoms with van der Waals surface area (Å²) in [5.74, 6) is -2.96. The third-order valence-electron chi connectivity index (χ3n) is 4.38. The van der Waals surface area contributed by atoms with Gasteiger partial charge in [0.15, 0.2) is 22.7 Å². The Morgan fingerprint density at radius 1 is 1.26 bits per heavy atom. The molecule has 2 heterocycles. The van der Waals surface area contributed by atoms with E-state index in [4.69, 9.17) is 0 Å². The molecule has 0 radical (unpaired) electrons. The minimum Gasteiger partial charge on any atom is -0.480 e. The van der Waals surface area contributed by atoms with E-state index >= 15 is 0 Å². The van der Waals surface area contributed by atoms with Crippen molar-refractivity contribution in [3.8, 4) is 0 Å². The number of fused-ring (bicyclic) bond motifs is 1. The Labute approximate surface area is 153 Å². The number of hydrogen-bond acceptors (Lipinski definition) is 3. The molecule has 0 aliphatic carbocycles. The maximum atomic E-state index is 13.9. The first kappa shape index (κ1) is 18.8.